The summed E-state index contributed by atoms with van der Waals surface area (Å²) in [6.07, 6.45) is -0.558. The number of fused-ring (bicyclic) bond motifs is 1. The zero-order chi connectivity index (χ0) is 13.1. The monoisotopic (exact) mass is 316 g/mol. The number of benzene rings is 1. The average molecular weight is 317 g/mol. The topological polar surface area (TPSA) is 65.0 Å². The molecule has 1 aromatic rings. The molecule has 0 radical (unpaired) electrons. The quantitative estimate of drug-likeness (QED) is 0.843. The molecule has 5 nitrogen and oxygen atoms in total. The van der Waals surface area contributed by atoms with Crippen LogP contribution in [-0.4, -0.2) is 31.4 Å². The number of carbonyl (C=O) groups is 1. The number of aliphatic hydroxyl groups is 1. The number of halogens is 1. The number of hydrogen-bond donors (Lipinski definition) is 1. The molecule has 2 rings (SSSR count). The van der Waals surface area contributed by atoms with Crippen LogP contribution in [0.5, 0.6) is 11.5 Å². The van der Waals surface area contributed by atoms with Gasteiger partial charge in [-0.15, -0.1) is 0 Å². The fourth-order valence-electron chi connectivity index (χ4n) is 1.67. The zero-order valence-corrected chi connectivity index (χ0v) is 11.4. The molecule has 0 amide bonds. The Morgan fingerprint density at radius 2 is 2.17 bits per heavy atom. The standard InChI is InChI=1S/C12H13BrO5/c1-16-12(15)10(14)7-3-4-8-11(9(7)13)18-6-2-5-17-8/h3-4,10,14H,2,5-6H2,1H3. The fourth-order valence-corrected chi connectivity index (χ4v) is 2.33. The van der Waals surface area contributed by atoms with Crippen molar-refractivity contribution >= 4 is 21.9 Å². The fraction of sp³-hybridized carbons (Fsp3) is 0.417. The van der Waals surface area contributed by atoms with Gasteiger partial charge in [-0.05, 0) is 22.0 Å². The van der Waals surface area contributed by atoms with Gasteiger partial charge in [0.2, 0.25) is 0 Å². The SMILES string of the molecule is COC(=O)C(O)c1ccc2c(c1Br)OCCCO2. The molecule has 0 spiro atoms. The van der Waals surface area contributed by atoms with Crippen LogP contribution in [0.25, 0.3) is 0 Å². The van der Waals surface area contributed by atoms with Crippen LogP contribution in [0.3, 0.4) is 0 Å². The van der Waals surface area contributed by atoms with Crippen LogP contribution in [0.2, 0.25) is 0 Å². The second-order valence-corrected chi connectivity index (χ2v) is 4.57. The Balaban J connectivity index is 2.39. The summed E-state index contributed by atoms with van der Waals surface area (Å²) in [6, 6.07) is 3.28. The maximum Gasteiger partial charge on any atom is 0.339 e. The maximum atomic E-state index is 11.3. The molecular formula is C12H13BrO5. The molecule has 0 fully saturated rings. The summed E-state index contributed by atoms with van der Waals surface area (Å²) in [7, 11) is 1.22. The van der Waals surface area contributed by atoms with Gasteiger partial charge >= 0.3 is 5.97 Å². The minimum atomic E-state index is -1.35. The van der Waals surface area contributed by atoms with Crippen molar-refractivity contribution in [1.29, 1.82) is 0 Å². The van der Waals surface area contributed by atoms with Gasteiger partial charge in [-0.25, -0.2) is 4.79 Å². The number of esters is 1. The first-order valence-electron chi connectivity index (χ1n) is 5.49. The van der Waals surface area contributed by atoms with Crippen LogP contribution >= 0.6 is 15.9 Å². The normalized spacial score (nSPS) is 15.7. The summed E-state index contributed by atoms with van der Waals surface area (Å²) in [5, 5.41) is 9.84. The molecule has 1 aromatic carbocycles. The molecule has 18 heavy (non-hydrogen) atoms. The summed E-state index contributed by atoms with van der Waals surface area (Å²) in [5.41, 5.74) is 0.395. The van der Waals surface area contributed by atoms with Crippen molar-refractivity contribution < 1.29 is 24.1 Å². The summed E-state index contributed by atoms with van der Waals surface area (Å²) >= 11 is 3.33. The average Bonchev–Trinajstić information content (AvgIpc) is 2.63. The van der Waals surface area contributed by atoms with Gasteiger partial charge in [-0.2, -0.15) is 0 Å². The first kappa shape index (κ1) is 13.2. The van der Waals surface area contributed by atoms with Crippen molar-refractivity contribution in [2.75, 3.05) is 20.3 Å². The first-order valence-corrected chi connectivity index (χ1v) is 6.28. The van der Waals surface area contributed by atoms with Gasteiger partial charge in [0.25, 0.3) is 0 Å². The van der Waals surface area contributed by atoms with E-state index in [9.17, 15) is 9.90 Å². The molecule has 1 unspecified atom stereocenters. The lowest BCUT2D eigenvalue weighted by Crippen LogP contribution is -2.14. The smallest absolute Gasteiger partial charge is 0.339 e. The van der Waals surface area contributed by atoms with Gasteiger partial charge in [0.1, 0.15) is 0 Å². The molecule has 0 aliphatic carbocycles. The lowest BCUT2D eigenvalue weighted by atomic mass is 10.1. The molecule has 0 aromatic heterocycles. The highest BCUT2D eigenvalue weighted by Crippen LogP contribution is 2.41. The van der Waals surface area contributed by atoms with E-state index in [0.717, 1.165) is 6.42 Å². The Labute approximate surface area is 113 Å². The maximum absolute atomic E-state index is 11.3. The Morgan fingerprint density at radius 1 is 1.44 bits per heavy atom. The van der Waals surface area contributed by atoms with Crippen molar-refractivity contribution in [2.45, 2.75) is 12.5 Å². The van der Waals surface area contributed by atoms with E-state index in [0.29, 0.717) is 34.7 Å². The van der Waals surface area contributed by atoms with Crippen molar-refractivity contribution in [3.05, 3.63) is 22.2 Å². The van der Waals surface area contributed by atoms with Crippen LogP contribution in [0.4, 0.5) is 0 Å². The van der Waals surface area contributed by atoms with E-state index in [4.69, 9.17) is 9.47 Å². The van der Waals surface area contributed by atoms with Crippen molar-refractivity contribution in [1.82, 2.24) is 0 Å². The van der Waals surface area contributed by atoms with Crippen LogP contribution in [0.15, 0.2) is 16.6 Å². The highest BCUT2D eigenvalue weighted by Gasteiger charge is 2.25. The number of methoxy groups -OCH3 is 1. The summed E-state index contributed by atoms with van der Waals surface area (Å²) < 4.78 is 16.1. The number of hydrogen-bond acceptors (Lipinski definition) is 5. The molecule has 1 aliphatic heterocycles. The zero-order valence-electron chi connectivity index (χ0n) is 9.81. The van der Waals surface area contributed by atoms with E-state index >= 15 is 0 Å². The highest BCUT2D eigenvalue weighted by atomic mass is 79.9. The van der Waals surface area contributed by atoms with E-state index in [1.807, 2.05) is 0 Å². The lowest BCUT2D eigenvalue weighted by molar-refractivity contribution is -0.150. The second-order valence-electron chi connectivity index (χ2n) is 3.77. The van der Waals surface area contributed by atoms with E-state index < -0.39 is 12.1 Å². The van der Waals surface area contributed by atoms with Gasteiger partial charge in [0.05, 0.1) is 24.8 Å². The molecule has 1 heterocycles. The van der Waals surface area contributed by atoms with Crippen LogP contribution in [-0.2, 0) is 9.53 Å². The molecule has 0 bridgehead atoms. The molecule has 1 aliphatic rings. The minimum Gasteiger partial charge on any atom is -0.490 e. The van der Waals surface area contributed by atoms with Crippen LogP contribution in [0, 0.1) is 0 Å². The molecular weight excluding hydrogens is 304 g/mol. The van der Waals surface area contributed by atoms with Crippen molar-refractivity contribution in [2.24, 2.45) is 0 Å². The number of carbonyl (C=O) groups excluding carboxylic acids is 1. The van der Waals surface area contributed by atoms with Gasteiger partial charge in [0, 0.05) is 12.0 Å². The lowest BCUT2D eigenvalue weighted by Gasteiger charge is -2.15. The predicted octanol–water partition coefficient (Wildman–Crippen LogP) is 1.82. The second kappa shape index (κ2) is 5.58. The predicted molar refractivity (Wildman–Crippen MR) is 66.7 cm³/mol. The molecule has 98 valence electrons. The third-order valence-corrected chi connectivity index (χ3v) is 3.42. The van der Waals surface area contributed by atoms with Gasteiger partial charge in [0.15, 0.2) is 17.6 Å². The molecule has 6 heteroatoms. The molecule has 0 saturated heterocycles. The van der Waals surface area contributed by atoms with Crippen molar-refractivity contribution in [3.8, 4) is 11.5 Å². The summed E-state index contributed by atoms with van der Waals surface area (Å²) in [4.78, 5) is 11.3. The Morgan fingerprint density at radius 3 is 2.89 bits per heavy atom. The first-order chi connectivity index (χ1) is 8.65. The Kier molecular flexibility index (Phi) is 4.08. The summed E-state index contributed by atoms with van der Waals surface area (Å²) in [5.74, 6) is 0.387. The number of rotatable bonds is 2. The molecule has 0 saturated carbocycles. The highest BCUT2D eigenvalue weighted by molar-refractivity contribution is 9.10. The Hall–Kier alpha value is -1.27. The van der Waals surface area contributed by atoms with Crippen molar-refractivity contribution in [3.63, 3.8) is 0 Å². The number of ether oxygens (including phenoxy) is 3. The molecule has 1 N–H and O–H groups in total. The van der Waals surface area contributed by atoms with E-state index in [1.54, 1.807) is 12.1 Å². The summed E-state index contributed by atoms with van der Waals surface area (Å²) in [6.45, 7) is 1.11. The minimum absolute atomic E-state index is 0.395. The third-order valence-electron chi connectivity index (χ3n) is 2.60. The van der Waals surface area contributed by atoms with Crippen LogP contribution < -0.4 is 9.47 Å². The van der Waals surface area contributed by atoms with Gasteiger partial charge in [-0.3, -0.25) is 0 Å². The largest absolute Gasteiger partial charge is 0.490 e. The van der Waals surface area contributed by atoms with Gasteiger partial charge < -0.3 is 19.3 Å². The van der Waals surface area contributed by atoms with Crippen LogP contribution in [0.1, 0.15) is 18.1 Å². The molecule has 1 atom stereocenters. The Bertz CT molecular complexity index is 460. The van der Waals surface area contributed by atoms with E-state index in [2.05, 4.69) is 20.7 Å². The van der Waals surface area contributed by atoms with Gasteiger partial charge in [-0.1, -0.05) is 6.07 Å². The van der Waals surface area contributed by atoms with E-state index in [1.165, 1.54) is 7.11 Å². The van der Waals surface area contributed by atoms with E-state index in [-0.39, 0.29) is 0 Å². The third kappa shape index (κ3) is 2.44. The number of aliphatic hydroxyl groups excluding tert-OH is 1.